The summed E-state index contributed by atoms with van der Waals surface area (Å²) in [5, 5.41) is 12.1. The molecule has 1 aliphatic rings. The van der Waals surface area contributed by atoms with Crippen molar-refractivity contribution in [1.82, 2.24) is 5.32 Å². The summed E-state index contributed by atoms with van der Waals surface area (Å²) in [5.74, 6) is -0.474. The van der Waals surface area contributed by atoms with Gasteiger partial charge in [0.2, 0.25) is 0 Å². The van der Waals surface area contributed by atoms with Gasteiger partial charge in [0.25, 0.3) is 0 Å². The molecule has 1 unspecified atom stereocenters. The minimum absolute atomic E-state index is 0.0173. The highest BCUT2D eigenvalue weighted by molar-refractivity contribution is 5.81. The smallest absolute Gasteiger partial charge is 0.407 e. The molecule has 0 saturated heterocycles. The van der Waals surface area contributed by atoms with Crippen molar-refractivity contribution in [1.29, 1.82) is 5.26 Å². The molecule has 1 atom stereocenters. The quantitative estimate of drug-likeness (QED) is 0.740. The molecule has 6 heteroatoms. The highest BCUT2D eigenvalue weighted by Gasteiger charge is 2.52. The van der Waals surface area contributed by atoms with Gasteiger partial charge in [0, 0.05) is 6.54 Å². The van der Waals surface area contributed by atoms with Crippen molar-refractivity contribution in [3.05, 3.63) is 35.9 Å². The molecule has 6 nitrogen and oxygen atoms in total. The topological polar surface area (TPSA) is 88.4 Å². The van der Waals surface area contributed by atoms with Crippen LogP contribution < -0.4 is 5.32 Å². The number of nitriles is 1. The van der Waals surface area contributed by atoms with Crippen LogP contribution in [0.4, 0.5) is 4.79 Å². The molecule has 0 aliphatic heterocycles. The first-order valence-electron chi connectivity index (χ1n) is 8.15. The van der Waals surface area contributed by atoms with Crippen molar-refractivity contribution in [3.8, 4) is 6.07 Å². The highest BCUT2D eigenvalue weighted by Crippen LogP contribution is 2.48. The maximum Gasteiger partial charge on any atom is 0.407 e. The highest BCUT2D eigenvalue weighted by atomic mass is 16.5. The third-order valence-electron chi connectivity index (χ3n) is 4.11. The average Bonchev–Trinajstić information content (AvgIpc) is 3.43. The van der Waals surface area contributed by atoms with Gasteiger partial charge in [-0.05, 0) is 37.7 Å². The van der Waals surface area contributed by atoms with E-state index in [1.54, 1.807) is 6.92 Å². The Labute approximate surface area is 141 Å². The van der Waals surface area contributed by atoms with E-state index in [4.69, 9.17) is 9.47 Å². The summed E-state index contributed by atoms with van der Waals surface area (Å²) in [7, 11) is 0. The Morgan fingerprint density at radius 2 is 2.00 bits per heavy atom. The largest absolute Gasteiger partial charge is 0.465 e. The lowest BCUT2D eigenvalue weighted by molar-refractivity contribution is -0.153. The SMILES string of the molecule is CCOC(=O)C(C#N)(CCNC(=O)OCc1ccccc1)C1CC1. The number of hydrogen-bond acceptors (Lipinski definition) is 5. The monoisotopic (exact) mass is 330 g/mol. The minimum atomic E-state index is -1.16. The number of amides is 1. The van der Waals surface area contributed by atoms with E-state index in [2.05, 4.69) is 11.4 Å². The van der Waals surface area contributed by atoms with Gasteiger partial charge in [-0.3, -0.25) is 4.79 Å². The first kappa shape index (κ1) is 17.8. The number of esters is 1. The standard InChI is InChI=1S/C18H22N2O4/c1-2-23-16(21)18(13-19,15-8-9-15)10-11-20-17(22)24-12-14-6-4-3-5-7-14/h3-7,15H,2,8-12H2,1H3,(H,20,22). The lowest BCUT2D eigenvalue weighted by Gasteiger charge is -2.24. The van der Waals surface area contributed by atoms with E-state index in [0.717, 1.165) is 18.4 Å². The zero-order valence-electron chi connectivity index (χ0n) is 13.8. The molecular formula is C18H22N2O4. The first-order chi connectivity index (χ1) is 11.6. The van der Waals surface area contributed by atoms with E-state index in [1.807, 2.05) is 30.3 Å². The van der Waals surface area contributed by atoms with Crippen LogP contribution in [0, 0.1) is 22.7 Å². The van der Waals surface area contributed by atoms with Crippen LogP contribution in [0.15, 0.2) is 30.3 Å². The van der Waals surface area contributed by atoms with E-state index in [-0.39, 0.29) is 32.1 Å². The number of benzene rings is 1. The number of carbonyl (C=O) groups excluding carboxylic acids is 2. The lowest BCUT2D eigenvalue weighted by atomic mass is 9.81. The molecule has 0 radical (unpaired) electrons. The zero-order chi connectivity index (χ0) is 17.4. The molecule has 1 amide bonds. The second-order valence-electron chi connectivity index (χ2n) is 5.82. The van der Waals surface area contributed by atoms with Gasteiger partial charge in [-0.25, -0.2) is 4.79 Å². The van der Waals surface area contributed by atoms with Crippen molar-refractivity contribution >= 4 is 12.1 Å². The summed E-state index contributed by atoms with van der Waals surface area (Å²) >= 11 is 0. The molecule has 2 rings (SSSR count). The summed E-state index contributed by atoms with van der Waals surface area (Å²) < 4.78 is 10.2. The number of ether oxygens (including phenoxy) is 2. The Morgan fingerprint density at radius 1 is 1.29 bits per heavy atom. The number of nitrogens with one attached hydrogen (secondary N) is 1. The lowest BCUT2D eigenvalue weighted by Crippen LogP contribution is -2.38. The van der Waals surface area contributed by atoms with Crippen LogP contribution in [0.5, 0.6) is 0 Å². The second-order valence-corrected chi connectivity index (χ2v) is 5.82. The van der Waals surface area contributed by atoms with Gasteiger partial charge >= 0.3 is 12.1 Å². The summed E-state index contributed by atoms with van der Waals surface area (Å²) in [4.78, 5) is 23.9. The molecule has 24 heavy (non-hydrogen) atoms. The van der Waals surface area contributed by atoms with Gasteiger partial charge in [-0.15, -0.1) is 0 Å². The van der Waals surface area contributed by atoms with Crippen LogP contribution in [0.3, 0.4) is 0 Å². The number of nitrogens with zero attached hydrogens (tertiary/aromatic N) is 1. The van der Waals surface area contributed by atoms with Gasteiger partial charge < -0.3 is 14.8 Å². The van der Waals surface area contributed by atoms with E-state index < -0.39 is 17.5 Å². The maximum atomic E-state index is 12.2. The van der Waals surface area contributed by atoms with E-state index >= 15 is 0 Å². The van der Waals surface area contributed by atoms with Crippen LogP contribution in [0.2, 0.25) is 0 Å². The third-order valence-corrected chi connectivity index (χ3v) is 4.11. The molecule has 0 bridgehead atoms. The van der Waals surface area contributed by atoms with Crippen LogP contribution in [-0.2, 0) is 20.9 Å². The summed E-state index contributed by atoms with van der Waals surface area (Å²) in [5.41, 5.74) is -0.272. The molecule has 1 N–H and O–H groups in total. The van der Waals surface area contributed by atoms with Crippen LogP contribution in [0.1, 0.15) is 31.7 Å². The minimum Gasteiger partial charge on any atom is -0.465 e. The Morgan fingerprint density at radius 3 is 2.58 bits per heavy atom. The summed E-state index contributed by atoms with van der Waals surface area (Å²) in [6.07, 6.45) is 1.34. The molecule has 128 valence electrons. The van der Waals surface area contributed by atoms with Gasteiger partial charge in [0.05, 0.1) is 12.7 Å². The van der Waals surface area contributed by atoms with Crippen LogP contribution >= 0.6 is 0 Å². The van der Waals surface area contributed by atoms with Crippen molar-refractivity contribution in [2.24, 2.45) is 11.3 Å². The summed E-state index contributed by atoms with van der Waals surface area (Å²) in [6.45, 7) is 2.32. The molecule has 0 aromatic heterocycles. The normalized spacial score (nSPS) is 15.7. The van der Waals surface area contributed by atoms with E-state index in [1.165, 1.54) is 0 Å². The second kappa shape index (κ2) is 8.34. The fraction of sp³-hybridized carbons (Fsp3) is 0.500. The van der Waals surface area contributed by atoms with E-state index in [9.17, 15) is 14.9 Å². The Balaban J connectivity index is 1.81. The number of rotatable bonds is 8. The Bertz CT molecular complexity index is 607. The predicted molar refractivity (Wildman–Crippen MR) is 86.6 cm³/mol. The Hall–Kier alpha value is -2.55. The average molecular weight is 330 g/mol. The Kier molecular flexibility index (Phi) is 6.19. The number of hydrogen-bond donors (Lipinski definition) is 1. The molecule has 1 aromatic carbocycles. The van der Waals surface area contributed by atoms with Crippen molar-refractivity contribution in [3.63, 3.8) is 0 Å². The number of alkyl carbamates (subject to hydrolysis) is 1. The van der Waals surface area contributed by atoms with Gasteiger partial charge in [-0.1, -0.05) is 30.3 Å². The molecular weight excluding hydrogens is 308 g/mol. The molecule has 1 fully saturated rings. The van der Waals surface area contributed by atoms with Crippen LogP contribution in [0.25, 0.3) is 0 Å². The molecule has 0 heterocycles. The predicted octanol–water partition coefficient (Wildman–Crippen LogP) is 2.79. The van der Waals surface area contributed by atoms with Crippen molar-refractivity contribution < 1.29 is 19.1 Å². The van der Waals surface area contributed by atoms with E-state index in [0.29, 0.717) is 0 Å². The molecule has 1 saturated carbocycles. The molecule has 1 aliphatic carbocycles. The van der Waals surface area contributed by atoms with Crippen molar-refractivity contribution in [2.75, 3.05) is 13.2 Å². The van der Waals surface area contributed by atoms with Gasteiger partial charge in [0.1, 0.15) is 6.61 Å². The first-order valence-corrected chi connectivity index (χ1v) is 8.15. The third kappa shape index (κ3) is 4.48. The van der Waals surface area contributed by atoms with Gasteiger partial charge in [0.15, 0.2) is 5.41 Å². The van der Waals surface area contributed by atoms with Crippen LogP contribution in [-0.4, -0.2) is 25.2 Å². The molecule has 1 aromatic rings. The maximum absolute atomic E-state index is 12.2. The zero-order valence-corrected chi connectivity index (χ0v) is 13.8. The fourth-order valence-corrected chi connectivity index (χ4v) is 2.64. The van der Waals surface area contributed by atoms with Gasteiger partial charge in [-0.2, -0.15) is 5.26 Å². The summed E-state index contributed by atoms with van der Waals surface area (Å²) in [6, 6.07) is 11.5. The molecule has 0 spiro atoms. The fourth-order valence-electron chi connectivity index (χ4n) is 2.64. The number of carbonyl (C=O) groups is 2. The van der Waals surface area contributed by atoms with Crippen molar-refractivity contribution in [2.45, 2.75) is 32.8 Å².